The number of carbonyl (C=O) groups excluding carboxylic acids is 2. The first-order chi connectivity index (χ1) is 12.6. The van der Waals surface area contributed by atoms with Gasteiger partial charge in [-0.2, -0.15) is 0 Å². The molecule has 26 heavy (non-hydrogen) atoms. The summed E-state index contributed by atoms with van der Waals surface area (Å²) in [4.78, 5) is 24.4. The Morgan fingerprint density at radius 2 is 1.69 bits per heavy atom. The van der Waals surface area contributed by atoms with Gasteiger partial charge in [0.25, 0.3) is 0 Å². The molecular formula is C19H18O7. The van der Waals surface area contributed by atoms with Crippen LogP contribution in [-0.2, 0) is 4.74 Å². The van der Waals surface area contributed by atoms with Gasteiger partial charge in [-0.05, 0) is 36.4 Å². The molecule has 0 N–H and O–H groups in total. The van der Waals surface area contributed by atoms with Crippen molar-refractivity contribution < 1.29 is 33.3 Å². The highest BCUT2D eigenvalue weighted by Crippen LogP contribution is 2.40. The van der Waals surface area contributed by atoms with Crippen LogP contribution in [0.5, 0.6) is 23.0 Å². The van der Waals surface area contributed by atoms with Crippen LogP contribution in [0.15, 0.2) is 36.4 Å². The van der Waals surface area contributed by atoms with Crippen molar-refractivity contribution in [2.75, 3.05) is 34.0 Å². The van der Waals surface area contributed by atoms with Gasteiger partial charge < -0.3 is 23.7 Å². The van der Waals surface area contributed by atoms with Gasteiger partial charge in [0.05, 0.1) is 19.8 Å². The molecule has 0 atom stereocenters. The minimum Gasteiger partial charge on any atom is -0.497 e. The molecule has 0 amide bonds. The van der Waals surface area contributed by atoms with Gasteiger partial charge in [0.1, 0.15) is 19.0 Å². The third kappa shape index (κ3) is 3.72. The lowest BCUT2D eigenvalue weighted by Gasteiger charge is -2.21. The van der Waals surface area contributed by atoms with Gasteiger partial charge in [-0.1, -0.05) is 0 Å². The molecule has 0 aliphatic carbocycles. The minimum atomic E-state index is -0.651. The van der Waals surface area contributed by atoms with E-state index in [0.717, 1.165) is 0 Å². The Morgan fingerprint density at radius 3 is 2.38 bits per heavy atom. The van der Waals surface area contributed by atoms with E-state index in [9.17, 15) is 9.59 Å². The number of rotatable bonds is 6. The number of benzene rings is 2. The van der Waals surface area contributed by atoms with Crippen molar-refractivity contribution in [3.8, 4) is 23.0 Å². The molecule has 0 saturated carbocycles. The topological polar surface area (TPSA) is 80.3 Å². The van der Waals surface area contributed by atoms with E-state index in [1.807, 2.05) is 0 Å². The molecular weight excluding hydrogens is 340 g/mol. The van der Waals surface area contributed by atoms with E-state index in [2.05, 4.69) is 0 Å². The van der Waals surface area contributed by atoms with Crippen molar-refractivity contribution in [2.45, 2.75) is 0 Å². The Bertz CT molecular complexity index is 794. The maximum Gasteiger partial charge on any atom is 0.338 e. The zero-order chi connectivity index (χ0) is 18.5. The van der Waals surface area contributed by atoms with Crippen LogP contribution in [0.2, 0.25) is 0 Å². The van der Waals surface area contributed by atoms with Crippen LogP contribution in [0.1, 0.15) is 20.7 Å². The largest absolute Gasteiger partial charge is 0.497 e. The predicted octanol–water partition coefficient (Wildman–Crippen LogP) is 2.51. The summed E-state index contributed by atoms with van der Waals surface area (Å²) in [6.45, 7) is 0.413. The van der Waals surface area contributed by atoms with Crippen LogP contribution in [0.4, 0.5) is 0 Å². The van der Waals surface area contributed by atoms with Crippen molar-refractivity contribution in [1.82, 2.24) is 0 Å². The SMILES string of the molecule is COc1ccc(C(=O)COC(=O)c2cc(OC)c3c(c2)OCCO3)cc1. The summed E-state index contributed by atoms with van der Waals surface area (Å²) in [5.41, 5.74) is 0.645. The summed E-state index contributed by atoms with van der Waals surface area (Å²) >= 11 is 0. The van der Waals surface area contributed by atoms with Crippen molar-refractivity contribution in [1.29, 1.82) is 0 Å². The van der Waals surface area contributed by atoms with Gasteiger partial charge in [-0.15, -0.1) is 0 Å². The summed E-state index contributed by atoms with van der Waals surface area (Å²) in [7, 11) is 3.01. The highest BCUT2D eigenvalue weighted by Gasteiger charge is 2.22. The Morgan fingerprint density at radius 1 is 0.962 bits per heavy atom. The summed E-state index contributed by atoms with van der Waals surface area (Å²) in [5.74, 6) is 0.902. The van der Waals surface area contributed by atoms with Gasteiger partial charge in [-0.3, -0.25) is 4.79 Å². The van der Waals surface area contributed by atoms with E-state index in [0.29, 0.717) is 41.8 Å². The Kier molecular flexibility index (Phi) is 5.26. The van der Waals surface area contributed by atoms with Gasteiger partial charge in [0, 0.05) is 5.56 Å². The number of methoxy groups -OCH3 is 2. The van der Waals surface area contributed by atoms with Crippen LogP contribution in [0.25, 0.3) is 0 Å². The smallest absolute Gasteiger partial charge is 0.338 e. The Hall–Kier alpha value is -3.22. The molecule has 2 aromatic rings. The van der Waals surface area contributed by atoms with E-state index in [1.165, 1.54) is 19.2 Å². The zero-order valence-corrected chi connectivity index (χ0v) is 14.4. The normalized spacial score (nSPS) is 12.2. The van der Waals surface area contributed by atoms with E-state index < -0.39 is 5.97 Å². The first-order valence-electron chi connectivity index (χ1n) is 7.94. The average Bonchev–Trinajstić information content (AvgIpc) is 2.70. The number of hydrogen-bond donors (Lipinski definition) is 0. The van der Waals surface area contributed by atoms with Gasteiger partial charge in [0.2, 0.25) is 5.75 Å². The molecule has 1 aliphatic heterocycles. The maximum atomic E-state index is 12.3. The summed E-state index contributed by atoms with van der Waals surface area (Å²) < 4.78 is 26.4. The van der Waals surface area contributed by atoms with Crippen LogP contribution >= 0.6 is 0 Å². The van der Waals surface area contributed by atoms with E-state index >= 15 is 0 Å². The second-order valence-corrected chi connectivity index (χ2v) is 5.43. The average molecular weight is 358 g/mol. The highest BCUT2D eigenvalue weighted by molar-refractivity contribution is 5.99. The zero-order valence-electron chi connectivity index (χ0n) is 14.4. The second kappa shape index (κ2) is 7.77. The molecule has 136 valence electrons. The number of carbonyl (C=O) groups is 2. The van der Waals surface area contributed by atoms with Gasteiger partial charge >= 0.3 is 5.97 Å². The summed E-state index contributed by atoms with van der Waals surface area (Å²) in [6.07, 6.45) is 0. The second-order valence-electron chi connectivity index (χ2n) is 5.43. The predicted molar refractivity (Wildman–Crippen MR) is 91.6 cm³/mol. The van der Waals surface area contributed by atoms with Gasteiger partial charge in [0.15, 0.2) is 23.9 Å². The molecule has 0 unspecified atom stereocenters. The quantitative estimate of drug-likeness (QED) is 0.580. The number of fused-ring (bicyclic) bond motifs is 1. The Labute approximate surface area is 150 Å². The third-order valence-electron chi connectivity index (χ3n) is 3.81. The van der Waals surface area contributed by atoms with Crippen molar-refractivity contribution >= 4 is 11.8 Å². The lowest BCUT2D eigenvalue weighted by atomic mass is 10.1. The molecule has 7 heteroatoms. The first kappa shape index (κ1) is 17.6. The molecule has 3 rings (SSSR count). The monoisotopic (exact) mass is 358 g/mol. The molecule has 1 aliphatic rings. The molecule has 0 fully saturated rings. The van der Waals surface area contributed by atoms with E-state index in [1.54, 1.807) is 31.4 Å². The van der Waals surface area contributed by atoms with Crippen molar-refractivity contribution in [2.24, 2.45) is 0 Å². The minimum absolute atomic E-state index is 0.216. The standard InChI is InChI=1S/C19H18O7/c1-22-14-5-3-12(4-6-14)15(20)11-26-19(21)13-9-16(23-2)18-17(10-13)24-7-8-25-18/h3-6,9-10H,7-8,11H2,1-2H3. The maximum absolute atomic E-state index is 12.3. The fourth-order valence-electron chi connectivity index (χ4n) is 2.47. The molecule has 0 saturated heterocycles. The molecule has 0 spiro atoms. The first-order valence-corrected chi connectivity index (χ1v) is 7.94. The number of esters is 1. The summed E-state index contributed by atoms with van der Waals surface area (Å²) in [5, 5.41) is 0. The van der Waals surface area contributed by atoms with Crippen LogP contribution < -0.4 is 18.9 Å². The Balaban J connectivity index is 1.68. The van der Waals surface area contributed by atoms with Crippen LogP contribution in [0, 0.1) is 0 Å². The summed E-state index contributed by atoms with van der Waals surface area (Å²) in [6, 6.07) is 9.57. The molecule has 7 nitrogen and oxygen atoms in total. The lowest BCUT2D eigenvalue weighted by Crippen LogP contribution is -2.18. The molecule has 1 heterocycles. The van der Waals surface area contributed by atoms with Gasteiger partial charge in [-0.25, -0.2) is 4.79 Å². The highest BCUT2D eigenvalue weighted by atomic mass is 16.6. The lowest BCUT2D eigenvalue weighted by molar-refractivity contribution is 0.0473. The fourth-order valence-corrected chi connectivity index (χ4v) is 2.47. The molecule has 0 radical (unpaired) electrons. The number of ether oxygens (including phenoxy) is 5. The number of hydrogen-bond acceptors (Lipinski definition) is 7. The van der Waals surface area contributed by atoms with E-state index in [4.69, 9.17) is 23.7 Å². The van der Waals surface area contributed by atoms with Crippen LogP contribution in [-0.4, -0.2) is 45.8 Å². The molecule has 0 aromatic heterocycles. The molecule has 2 aromatic carbocycles. The van der Waals surface area contributed by atoms with Crippen molar-refractivity contribution in [3.05, 3.63) is 47.5 Å². The van der Waals surface area contributed by atoms with Crippen molar-refractivity contribution in [3.63, 3.8) is 0 Å². The number of ketones is 1. The third-order valence-corrected chi connectivity index (χ3v) is 3.81. The van der Waals surface area contributed by atoms with E-state index in [-0.39, 0.29) is 18.0 Å². The van der Waals surface area contributed by atoms with Crippen LogP contribution in [0.3, 0.4) is 0 Å². The molecule has 0 bridgehead atoms. The fraction of sp³-hybridized carbons (Fsp3) is 0.263. The number of Topliss-reactive ketones (excluding diaryl/α,β-unsaturated/α-hetero) is 1.